The number of hydrogen-bond acceptors (Lipinski definition) is 5. The van der Waals surface area contributed by atoms with Gasteiger partial charge in [-0.1, -0.05) is 30.7 Å². The van der Waals surface area contributed by atoms with E-state index < -0.39 is 0 Å². The van der Waals surface area contributed by atoms with Crippen molar-refractivity contribution in [3.8, 4) is 0 Å². The van der Waals surface area contributed by atoms with Crippen LogP contribution >= 0.6 is 11.6 Å². The molecule has 1 fully saturated rings. The molecular formula is C14H17ClN4O2. The molecule has 21 heavy (non-hydrogen) atoms. The van der Waals surface area contributed by atoms with Crippen LogP contribution in [0.5, 0.6) is 0 Å². The highest BCUT2D eigenvalue weighted by molar-refractivity contribution is 6.29. The van der Waals surface area contributed by atoms with Gasteiger partial charge in [-0.15, -0.1) is 0 Å². The number of nitrogens with zero attached hydrogens (tertiary/aromatic N) is 3. The summed E-state index contributed by atoms with van der Waals surface area (Å²) in [6.07, 6.45) is 5.78. The predicted molar refractivity (Wildman–Crippen MR) is 81.1 cm³/mol. The number of nitrogens with one attached hydrogen (secondary N) is 1. The summed E-state index contributed by atoms with van der Waals surface area (Å²) in [6.45, 7) is 3.91. The summed E-state index contributed by atoms with van der Waals surface area (Å²) in [5.74, 6) is 0.555. The third-order valence-corrected chi connectivity index (χ3v) is 3.33. The van der Waals surface area contributed by atoms with Crippen molar-refractivity contribution >= 4 is 11.6 Å². The van der Waals surface area contributed by atoms with Gasteiger partial charge in [0.15, 0.2) is 5.82 Å². The van der Waals surface area contributed by atoms with E-state index in [1.165, 1.54) is 0 Å². The van der Waals surface area contributed by atoms with E-state index in [0.29, 0.717) is 24.1 Å². The number of aromatic nitrogens is 1. The summed E-state index contributed by atoms with van der Waals surface area (Å²) < 4.78 is 0. The largest absolute Gasteiger partial charge is 0.364 e. The van der Waals surface area contributed by atoms with Gasteiger partial charge >= 0.3 is 5.70 Å². The zero-order valence-electron chi connectivity index (χ0n) is 11.8. The molecule has 1 aliphatic rings. The summed E-state index contributed by atoms with van der Waals surface area (Å²) in [7, 11) is 0. The average molecular weight is 309 g/mol. The van der Waals surface area contributed by atoms with Crippen molar-refractivity contribution in [2.45, 2.75) is 19.9 Å². The molecule has 6 nitrogen and oxygen atoms in total. The van der Waals surface area contributed by atoms with Gasteiger partial charge in [0.25, 0.3) is 0 Å². The van der Waals surface area contributed by atoms with Crippen LogP contribution in [-0.2, 0) is 6.54 Å². The molecule has 0 bridgehead atoms. The lowest BCUT2D eigenvalue weighted by Gasteiger charge is -2.18. The molecule has 1 saturated heterocycles. The molecule has 0 spiro atoms. The maximum Gasteiger partial charge on any atom is 0.308 e. The van der Waals surface area contributed by atoms with E-state index in [1.54, 1.807) is 24.4 Å². The summed E-state index contributed by atoms with van der Waals surface area (Å²) in [5.41, 5.74) is 1.05. The van der Waals surface area contributed by atoms with Crippen LogP contribution in [0.2, 0.25) is 5.15 Å². The molecule has 1 aromatic heterocycles. The Balaban J connectivity index is 2.23. The highest BCUT2D eigenvalue weighted by Crippen LogP contribution is 2.18. The van der Waals surface area contributed by atoms with Gasteiger partial charge in [-0.05, 0) is 18.1 Å². The minimum Gasteiger partial charge on any atom is -0.364 e. The normalized spacial score (nSPS) is 17.1. The fourth-order valence-corrected chi connectivity index (χ4v) is 2.23. The molecule has 0 atom stereocenters. The summed E-state index contributed by atoms with van der Waals surface area (Å²) in [5, 5.41) is 14.8. The first-order valence-corrected chi connectivity index (χ1v) is 7.14. The number of nitro groups is 1. The number of rotatable bonds is 5. The molecule has 0 radical (unpaired) electrons. The maximum absolute atomic E-state index is 11.2. The lowest BCUT2D eigenvalue weighted by atomic mass is 10.2. The quantitative estimate of drug-likeness (QED) is 0.514. The first kappa shape index (κ1) is 15.3. The molecule has 1 aromatic rings. The number of halogens is 1. The molecule has 1 aliphatic heterocycles. The Kier molecular flexibility index (Phi) is 5.16. The van der Waals surface area contributed by atoms with Crippen molar-refractivity contribution < 1.29 is 4.92 Å². The van der Waals surface area contributed by atoms with E-state index in [0.717, 1.165) is 18.5 Å². The molecule has 0 amide bonds. The van der Waals surface area contributed by atoms with Gasteiger partial charge in [0.05, 0.1) is 4.92 Å². The number of pyridine rings is 1. The molecule has 1 N–H and O–H groups in total. The van der Waals surface area contributed by atoms with Crippen LogP contribution < -0.4 is 5.32 Å². The second kappa shape index (κ2) is 7.08. The molecule has 0 unspecified atom stereocenters. The lowest BCUT2D eigenvalue weighted by molar-refractivity contribution is -0.421. The van der Waals surface area contributed by atoms with Gasteiger partial charge < -0.3 is 10.2 Å². The van der Waals surface area contributed by atoms with Crippen molar-refractivity contribution in [3.05, 3.63) is 62.8 Å². The van der Waals surface area contributed by atoms with Gasteiger partial charge in [0.1, 0.15) is 5.15 Å². The lowest BCUT2D eigenvalue weighted by Crippen LogP contribution is -2.23. The molecular weight excluding hydrogens is 292 g/mol. The van der Waals surface area contributed by atoms with E-state index in [1.807, 2.05) is 17.9 Å². The number of hydrogen-bond donors (Lipinski definition) is 1. The van der Waals surface area contributed by atoms with Gasteiger partial charge in [-0.2, -0.15) is 0 Å². The van der Waals surface area contributed by atoms with E-state index in [9.17, 15) is 10.1 Å². The van der Waals surface area contributed by atoms with Crippen LogP contribution in [0, 0.1) is 10.1 Å². The fraction of sp³-hybridized carbons (Fsp3) is 0.357. The molecule has 0 aromatic carbocycles. The summed E-state index contributed by atoms with van der Waals surface area (Å²) >= 11 is 5.76. The highest BCUT2D eigenvalue weighted by Gasteiger charge is 2.26. The van der Waals surface area contributed by atoms with Gasteiger partial charge in [0, 0.05) is 31.9 Å². The monoisotopic (exact) mass is 308 g/mol. The second-order valence-electron chi connectivity index (χ2n) is 4.64. The van der Waals surface area contributed by atoms with Crippen molar-refractivity contribution in [1.29, 1.82) is 0 Å². The van der Waals surface area contributed by atoms with Crippen molar-refractivity contribution in [3.63, 3.8) is 0 Å². The standard InChI is InChI=1S/C14H17ClN4O2/c1-2-3-4-12(19(20)21)14-16-7-8-18(14)10-11-5-6-13(15)17-9-11/h3-6,9,16H,2,7-8,10H2,1H3/b4-3-,14-12-. The number of allylic oxidation sites excluding steroid dienone is 2. The Bertz CT molecular complexity index is 569. The van der Waals surface area contributed by atoms with Gasteiger partial charge in [-0.3, -0.25) is 10.1 Å². The first-order chi connectivity index (χ1) is 10.1. The van der Waals surface area contributed by atoms with Crippen molar-refractivity contribution in [1.82, 2.24) is 15.2 Å². The van der Waals surface area contributed by atoms with E-state index in [-0.39, 0.29) is 10.6 Å². The Morgan fingerprint density at radius 2 is 2.43 bits per heavy atom. The topological polar surface area (TPSA) is 71.3 Å². The Morgan fingerprint density at radius 3 is 3.05 bits per heavy atom. The van der Waals surface area contributed by atoms with E-state index >= 15 is 0 Å². The second-order valence-corrected chi connectivity index (χ2v) is 5.03. The molecule has 2 heterocycles. The Labute approximate surface area is 128 Å². The average Bonchev–Trinajstić information content (AvgIpc) is 2.90. The van der Waals surface area contributed by atoms with Crippen molar-refractivity contribution in [2.24, 2.45) is 0 Å². The third kappa shape index (κ3) is 3.95. The SMILES string of the molecule is CC/C=C\C(=C1/NCCN1Cc1ccc(Cl)nc1)[N+](=O)[O-]. The van der Waals surface area contributed by atoms with Crippen LogP contribution in [0.25, 0.3) is 0 Å². The first-order valence-electron chi connectivity index (χ1n) is 6.76. The van der Waals surface area contributed by atoms with Gasteiger partial charge in [0.2, 0.25) is 0 Å². The molecule has 2 rings (SSSR count). The molecule has 0 saturated carbocycles. The molecule has 0 aliphatic carbocycles. The molecule has 7 heteroatoms. The minimum atomic E-state index is -0.354. The Hall–Kier alpha value is -2.08. The summed E-state index contributed by atoms with van der Waals surface area (Å²) in [4.78, 5) is 16.9. The van der Waals surface area contributed by atoms with Crippen LogP contribution in [0.3, 0.4) is 0 Å². The maximum atomic E-state index is 11.2. The van der Waals surface area contributed by atoms with E-state index in [2.05, 4.69) is 10.3 Å². The van der Waals surface area contributed by atoms with Crippen LogP contribution in [0.15, 0.2) is 42.0 Å². The van der Waals surface area contributed by atoms with E-state index in [4.69, 9.17) is 11.6 Å². The molecule has 112 valence electrons. The van der Waals surface area contributed by atoms with Crippen LogP contribution in [0.1, 0.15) is 18.9 Å². The predicted octanol–water partition coefficient (Wildman–Crippen LogP) is 2.55. The zero-order valence-corrected chi connectivity index (χ0v) is 12.5. The van der Waals surface area contributed by atoms with Gasteiger partial charge in [-0.25, -0.2) is 4.98 Å². The minimum absolute atomic E-state index is 0.0938. The smallest absolute Gasteiger partial charge is 0.308 e. The van der Waals surface area contributed by atoms with Crippen molar-refractivity contribution in [2.75, 3.05) is 13.1 Å². The third-order valence-electron chi connectivity index (χ3n) is 3.10. The zero-order chi connectivity index (χ0) is 15.2. The van der Waals surface area contributed by atoms with Crippen LogP contribution in [0.4, 0.5) is 0 Å². The fourth-order valence-electron chi connectivity index (χ4n) is 2.12. The Morgan fingerprint density at radius 1 is 1.62 bits per heavy atom. The summed E-state index contributed by atoms with van der Waals surface area (Å²) in [6, 6.07) is 3.59. The highest BCUT2D eigenvalue weighted by atomic mass is 35.5. The van der Waals surface area contributed by atoms with Crippen LogP contribution in [-0.4, -0.2) is 27.9 Å².